The van der Waals surface area contributed by atoms with Crippen LogP contribution in [0.15, 0.2) is 54.9 Å². The van der Waals surface area contributed by atoms with Gasteiger partial charge in [-0.25, -0.2) is 14.5 Å². The Kier molecular flexibility index (Phi) is 4.62. The van der Waals surface area contributed by atoms with E-state index in [1.165, 1.54) is 18.0 Å². The van der Waals surface area contributed by atoms with Crippen LogP contribution in [0, 0.1) is 0 Å². The van der Waals surface area contributed by atoms with Crippen molar-refractivity contribution in [2.45, 2.75) is 0 Å². The molecule has 32 heavy (non-hydrogen) atoms. The topological polar surface area (TPSA) is 118 Å². The average Bonchev–Trinajstić information content (AvgIpc) is 3.53. The SMILES string of the molecule is COC(=O)c1cnnn1-c1cc(Nc2cc(-c3ccccc3)nn2C)nc2c1cnn2C. The van der Waals surface area contributed by atoms with E-state index < -0.39 is 5.97 Å². The number of ether oxygens (including phenoxy) is 1. The van der Waals surface area contributed by atoms with Gasteiger partial charge >= 0.3 is 5.97 Å². The molecule has 4 aromatic heterocycles. The van der Waals surface area contributed by atoms with Crippen LogP contribution in [-0.4, -0.2) is 52.6 Å². The van der Waals surface area contributed by atoms with Gasteiger partial charge in [0.05, 0.1) is 36.3 Å². The molecular formula is C21H19N9O2. The fraction of sp³-hybridized carbons (Fsp3) is 0.143. The van der Waals surface area contributed by atoms with Gasteiger partial charge in [0.15, 0.2) is 11.3 Å². The number of rotatable bonds is 5. The van der Waals surface area contributed by atoms with Gasteiger partial charge in [-0.15, -0.1) is 5.10 Å². The largest absolute Gasteiger partial charge is 0.464 e. The van der Waals surface area contributed by atoms with E-state index in [9.17, 15) is 4.79 Å². The van der Waals surface area contributed by atoms with Crippen molar-refractivity contribution in [3.05, 3.63) is 60.6 Å². The van der Waals surface area contributed by atoms with Crippen molar-refractivity contribution < 1.29 is 9.53 Å². The molecule has 0 radical (unpaired) electrons. The van der Waals surface area contributed by atoms with E-state index >= 15 is 0 Å². The first kappa shape index (κ1) is 19.4. The van der Waals surface area contributed by atoms with Crippen LogP contribution in [0.5, 0.6) is 0 Å². The lowest BCUT2D eigenvalue weighted by molar-refractivity contribution is 0.0590. The molecule has 0 amide bonds. The number of anilines is 2. The second-order valence-electron chi connectivity index (χ2n) is 7.08. The first-order valence-electron chi connectivity index (χ1n) is 9.74. The summed E-state index contributed by atoms with van der Waals surface area (Å²) in [6, 6.07) is 13.6. The first-order valence-corrected chi connectivity index (χ1v) is 9.74. The molecule has 0 saturated heterocycles. The maximum absolute atomic E-state index is 12.2. The number of carbonyl (C=O) groups excluding carboxylic acids is 1. The second-order valence-corrected chi connectivity index (χ2v) is 7.08. The summed E-state index contributed by atoms with van der Waals surface area (Å²) < 4.78 is 9.67. The number of hydrogen-bond acceptors (Lipinski definition) is 8. The quantitative estimate of drug-likeness (QED) is 0.424. The van der Waals surface area contributed by atoms with Gasteiger partial charge in [-0.2, -0.15) is 10.2 Å². The molecule has 0 aliphatic heterocycles. The Hall–Kier alpha value is -4.54. The summed E-state index contributed by atoms with van der Waals surface area (Å²) >= 11 is 0. The summed E-state index contributed by atoms with van der Waals surface area (Å²) in [4.78, 5) is 16.9. The zero-order valence-corrected chi connectivity index (χ0v) is 17.6. The molecule has 11 nitrogen and oxygen atoms in total. The molecule has 1 N–H and O–H groups in total. The minimum Gasteiger partial charge on any atom is -0.464 e. The highest BCUT2D eigenvalue weighted by Gasteiger charge is 2.20. The third kappa shape index (κ3) is 3.25. The zero-order valence-electron chi connectivity index (χ0n) is 17.6. The van der Waals surface area contributed by atoms with Gasteiger partial charge in [0.1, 0.15) is 11.6 Å². The van der Waals surface area contributed by atoms with E-state index in [0.717, 1.165) is 17.1 Å². The molecule has 160 valence electrons. The Morgan fingerprint density at radius 1 is 1.06 bits per heavy atom. The Labute approximate surface area is 182 Å². The van der Waals surface area contributed by atoms with Crippen molar-refractivity contribution in [2.24, 2.45) is 14.1 Å². The number of nitrogens with one attached hydrogen (secondary N) is 1. The van der Waals surface area contributed by atoms with Crippen LogP contribution in [0.25, 0.3) is 28.0 Å². The molecule has 0 spiro atoms. The van der Waals surface area contributed by atoms with Crippen LogP contribution >= 0.6 is 0 Å². The molecule has 4 heterocycles. The van der Waals surface area contributed by atoms with E-state index in [1.54, 1.807) is 28.7 Å². The minimum absolute atomic E-state index is 0.196. The van der Waals surface area contributed by atoms with Crippen LogP contribution in [0.1, 0.15) is 10.5 Å². The summed E-state index contributed by atoms with van der Waals surface area (Å²) in [6.07, 6.45) is 3.02. The van der Waals surface area contributed by atoms with Crippen molar-refractivity contribution in [3.8, 4) is 16.9 Å². The zero-order chi connectivity index (χ0) is 22.2. The number of methoxy groups -OCH3 is 1. The highest BCUT2D eigenvalue weighted by molar-refractivity contribution is 5.91. The van der Waals surface area contributed by atoms with Gasteiger partial charge in [0.25, 0.3) is 0 Å². The Morgan fingerprint density at radius 3 is 2.66 bits per heavy atom. The molecule has 0 fully saturated rings. The third-order valence-electron chi connectivity index (χ3n) is 5.06. The summed E-state index contributed by atoms with van der Waals surface area (Å²) in [5.41, 5.74) is 3.25. The summed E-state index contributed by atoms with van der Waals surface area (Å²) in [6.45, 7) is 0. The molecular weight excluding hydrogens is 410 g/mol. The predicted octanol–water partition coefficient (Wildman–Crippen LogP) is 2.48. The Bertz CT molecular complexity index is 1430. The smallest absolute Gasteiger partial charge is 0.358 e. The van der Waals surface area contributed by atoms with Gasteiger partial charge in [0.2, 0.25) is 0 Å². The molecule has 5 aromatic rings. The minimum atomic E-state index is -0.544. The van der Waals surface area contributed by atoms with Gasteiger partial charge < -0.3 is 10.1 Å². The predicted molar refractivity (Wildman–Crippen MR) is 117 cm³/mol. The fourth-order valence-corrected chi connectivity index (χ4v) is 3.46. The van der Waals surface area contributed by atoms with Gasteiger partial charge in [-0.1, -0.05) is 35.5 Å². The number of benzene rings is 1. The maximum atomic E-state index is 12.2. The molecule has 5 rings (SSSR count). The number of aromatic nitrogens is 8. The molecule has 0 unspecified atom stereocenters. The number of esters is 1. The second kappa shape index (κ2) is 7.61. The van der Waals surface area contributed by atoms with Gasteiger partial charge in [0, 0.05) is 31.8 Å². The Balaban J connectivity index is 1.60. The lowest BCUT2D eigenvalue weighted by Crippen LogP contribution is -2.11. The van der Waals surface area contributed by atoms with Crippen molar-refractivity contribution in [1.29, 1.82) is 0 Å². The normalized spacial score (nSPS) is 11.1. The molecule has 0 bridgehead atoms. The molecule has 0 aliphatic carbocycles. The van der Waals surface area contributed by atoms with Crippen molar-refractivity contribution in [2.75, 3.05) is 12.4 Å². The van der Waals surface area contributed by atoms with Crippen molar-refractivity contribution in [1.82, 2.24) is 39.5 Å². The van der Waals surface area contributed by atoms with Crippen LogP contribution in [0.2, 0.25) is 0 Å². The number of carbonyl (C=O) groups is 1. The van der Waals surface area contributed by atoms with Crippen molar-refractivity contribution in [3.63, 3.8) is 0 Å². The number of aryl methyl sites for hydroxylation is 2. The fourth-order valence-electron chi connectivity index (χ4n) is 3.46. The monoisotopic (exact) mass is 429 g/mol. The van der Waals surface area contributed by atoms with E-state index in [-0.39, 0.29) is 5.69 Å². The first-order chi connectivity index (χ1) is 15.5. The number of hydrogen-bond donors (Lipinski definition) is 1. The van der Waals surface area contributed by atoms with Crippen LogP contribution < -0.4 is 5.32 Å². The molecule has 0 atom stereocenters. The average molecular weight is 429 g/mol. The van der Waals surface area contributed by atoms with E-state index in [0.29, 0.717) is 22.5 Å². The molecule has 11 heteroatoms. The van der Waals surface area contributed by atoms with E-state index in [1.807, 2.05) is 43.4 Å². The van der Waals surface area contributed by atoms with Crippen molar-refractivity contribution >= 4 is 28.6 Å². The van der Waals surface area contributed by atoms with Crippen LogP contribution in [-0.2, 0) is 18.8 Å². The van der Waals surface area contributed by atoms with Crippen LogP contribution in [0.4, 0.5) is 11.6 Å². The van der Waals surface area contributed by atoms with E-state index in [2.05, 4.69) is 30.8 Å². The Morgan fingerprint density at radius 2 is 1.88 bits per heavy atom. The third-order valence-corrected chi connectivity index (χ3v) is 5.06. The molecule has 0 saturated carbocycles. The standard InChI is InChI=1S/C21H19N9O2/c1-28-19(9-15(26-28)13-7-5-4-6-8-13)24-18-10-16(14-11-23-29(2)20(14)25-18)30-17(12-22-27-30)21(31)32-3/h4-12H,1-3H3,(H,24,25). The summed E-state index contributed by atoms with van der Waals surface area (Å²) in [5, 5.41) is 20.9. The highest BCUT2D eigenvalue weighted by atomic mass is 16.5. The van der Waals surface area contributed by atoms with Crippen LogP contribution in [0.3, 0.4) is 0 Å². The lowest BCUT2D eigenvalue weighted by atomic mass is 10.1. The lowest BCUT2D eigenvalue weighted by Gasteiger charge is -2.10. The van der Waals surface area contributed by atoms with E-state index in [4.69, 9.17) is 4.74 Å². The highest BCUT2D eigenvalue weighted by Crippen LogP contribution is 2.28. The number of pyridine rings is 1. The van der Waals surface area contributed by atoms with Gasteiger partial charge in [-0.05, 0) is 0 Å². The van der Waals surface area contributed by atoms with Gasteiger partial charge in [-0.3, -0.25) is 9.36 Å². The number of nitrogens with zero attached hydrogens (tertiary/aromatic N) is 8. The summed E-state index contributed by atoms with van der Waals surface area (Å²) in [7, 11) is 4.96. The maximum Gasteiger partial charge on any atom is 0.358 e. The summed E-state index contributed by atoms with van der Waals surface area (Å²) in [5.74, 6) is 0.734. The molecule has 0 aliphatic rings. The molecule has 1 aromatic carbocycles. The number of fused-ring (bicyclic) bond motifs is 1.